The van der Waals surface area contributed by atoms with E-state index < -0.39 is 0 Å². The monoisotopic (exact) mass is 346 g/mol. The first-order chi connectivity index (χ1) is 12.1. The Bertz CT molecular complexity index is 620. The second-order valence-electron chi connectivity index (χ2n) is 6.35. The van der Waals surface area contributed by atoms with Crippen LogP contribution in [0.5, 0.6) is 0 Å². The maximum absolute atomic E-state index is 13.9. The molecule has 136 valence electrons. The van der Waals surface area contributed by atoms with Crippen LogP contribution in [0.3, 0.4) is 0 Å². The highest BCUT2D eigenvalue weighted by Gasteiger charge is 2.15. The van der Waals surface area contributed by atoms with E-state index in [1.54, 1.807) is 6.07 Å². The molecule has 1 aliphatic heterocycles. The van der Waals surface area contributed by atoms with Crippen LogP contribution < -0.4 is 5.32 Å². The molecule has 6 heteroatoms. The lowest BCUT2D eigenvalue weighted by Crippen LogP contribution is -2.40. The van der Waals surface area contributed by atoms with Crippen LogP contribution in [-0.2, 0) is 11.3 Å². The number of benzene rings is 1. The average molecular weight is 346 g/mol. The zero-order valence-corrected chi connectivity index (χ0v) is 15.1. The maximum Gasteiger partial charge on any atom is 0.193 e. The number of guanidine groups is 1. The molecule has 0 aromatic heterocycles. The van der Waals surface area contributed by atoms with Gasteiger partial charge >= 0.3 is 0 Å². The topological polar surface area (TPSA) is 60.7 Å². The van der Waals surface area contributed by atoms with Crippen molar-refractivity contribution < 1.29 is 9.13 Å². The zero-order valence-electron chi connectivity index (χ0n) is 15.1. The van der Waals surface area contributed by atoms with Gasteiger partial charge in [-0.2, -0.15) is 5.26 Å². The molecule has 0 atom stereocenters. The van der Waals surface area contributed by atoms with E-state index in [-0.39, 0.29) is 12.4 Å². The summed E-state index contributed by atoms with van der Waals surface area (Å²) in [6, 6.07) is 6.40. The average Bonchev–Trinajstić information content (AvgIpc) is 2.65. The van der Waals surface area contributed by atoms with Crippen LogP contribution in [-0.4, -0.2) is 44.2 Å². The van der Waals surface area contributed by atoms with Crippen molar-refractivity contribution in [2.24, 2.45) is 10.9 Å². The molecular weight excluding hydrogens is 319 g/mol. The Morgan fingerprint density at radius 3 is 2.88 bits per heavy atom. The van der Waals surface area contributed by atoms with Gasteiger partial charge in [0, 0.05) is 38.9 Å². The van der Waals surface area contributed by atoms with Gasteiger partial charge in [-0.05, 0) is 50.3 Å². The third-order valence-electron chi connectivity index (χ3n) is 4.48. The molecule has 5 nitrogen and oxygen atoms in total. The highest BCUT2D eigenvalue weighted by atomic mass is 19.1. The number of halogens is 1. The number of nitrogens with zero attached hydrogens (tertiary/aromatic N) is 3. The molecule has 0 amide bonds. The lowest BCUT2D eigenvalue weighted by molar-refractivity contribution is 0.0625. The molecule has 25 heavy (non-hydrogen) atoms. The predicted octanol–water partition coefficient (Wildman–Crippen LogP) is 2.91. The third-order valence-corrected chi connectivity index (χ3v) is 4.48. The van der Waals surface area contributed by atoms with Crippen molar-refractivity contribution in [3.8, 4) is 6.07 Å². The largest absolute Gasteiger partial charge is 0.381 e. The highest BCUT2D eigenvalue weighted by molar-refractivity contribution is 5.79. The van der Waals surface area contributed by atoms with Gasteiger partial charge in [0.05, 0.1) is 18.2 Å². The van der Waals surface area contributed by atoms with Crippen molar-refractivity contribution >= 4 is 5.96 Å². The van der Waals surface area contributed by atoms with E-state index >= 15 is 0 Å². The Morgan fingerprint density at radius 2 is 2.20 bits per heavy atom. The molecule has 1 heterocycles. The summed E-state index contributed by atoms with van der Waals surface area (Å²) in [6.45, 7) is 5.59. The minimum atomic E-state index is -0.330. The Balaban J connectivity index is 1.98. The highest BCUT2D eigenvalue weighted by Crippen LogP contribution is 2.18. The fourth-order valence-corrected chi connectivity index (χ4v) is 2.91. The number of nitriles is 1. The zero-order chi connectivity index (χ0) is 18.1. The van der Waals surface area contributed by atoms with Crippen molar-refractivity contribution in [2.45, 2.75) is 32.7 Å². The van der Waals surface area contributed by atoms with Crippen LogP contribution >= 0.6 is 0 Å². The van der Waals surface area contributed by atoms with Gasteiger partial charge in [0.25, 0.3) is 0 Å². The number of nitrogens with one attached hydrogen (secondary N) is 1. The second-order valence-corrected chi connectivity index (χ2v) is 6.35. The normalized spacial score (nSPS) is 15.7. The van der Waals surface area contributed by atoms with Gasteiger partial charge in [0.15, 0.2) is 5.96 Å². The van der Waals surface area contributed by atoms with Gasteiger partial charge < -0.3 is 15.0 Å². The molecule has 0 aliphatic carbocycles. The quantitative estimate of drug-likeness (QED) is 0.635. The van der Waals surface area contributed by atoms with E-state index in [2.05, 4.69) is 15.2 Å². The van der Waals surface area contributed by atoms with Gasteiger partial charge in [-0.1, -0.05) is 0 Å². The van der Waals surface area contributed by atoms with Crippen LogP contribution in [0.25, 0.3) is 0 Å². The van der Waals surface area contributed by atoms with Gasteiger partial charge in [0.2, 0.25) is 0 Å². The Morgan fingerprint density at radius 1 is 1.44 bits per heavy atom. The first kappa shape index (κ1) is 19.2. The molecule has 0 saturated carbocycles. The van der Waals surface area contributed by atoms with Crippen LogP contribution in [0.15, 0.2) is 23.2 Å². The molecule has 1 aromatic rings. The number of rotatable bonds is 6. The van der Waals surface area contributed by atoms with E-state index in [1.807, 2.05) is 20.0 Å². The number of ether oxygens (including phenoxy) is 1. The van der Waals surface area contributed by atoms with Crippen LogP contribution in [0.4, 0.5) is 4.39 Å². The first-order valence-electron chi connectivity index (χ1n) is 8.89. The number of hydrogen-bond acceptors (Lipinski definition) is 3. The summed E-state index contributed by atoms with van der Waals surface area (Å²) < 4.78 is 19.3. The molecule has 1 aromatic carbocycles. The minimum absolute atomic E-state index is 0.214. The van der Waals surface area contributed by atoms with Crippen molar-refractivity contribution in [2.75, 3.05) is 33.4 Å². The molecule has 2 rings (SSSR count). The molecular formula is C19H27FN4O. The Hall–Kier alpha value is -2.13. The van der Waals surface area contributed by atoms with E-state index in [0.717, 1.165) is 51.5 Å². The number of hydrogen-bond donors (Lipinski definition) is 1. The van der Waals surface area contributed by atoms with Crippen LogP contribution in [0.2, 0.25) is 0 Å². The minimum Gasteiger partial charge on any atom is -0.381 e. The molecule has 0 bridgehead atoms. The van der Waals surface area contributed by atoms with Crippen LogP contribution in [0.1, 0.15) is 37.3 Å². The van der Waals surface area contributed by atoms with E-state index in [0.29, 0.717) is 17.0 Å². The second kappa shape index (κ2) is 10.00. The summed E-state index contributed by atoms with van der Waals surface area (Å²) in [5, 5.41) is 12.2. The van der Waals surface area contributed by atoms with Crippen LogP contribution in [0, 0.1) is 23.1 Å². The first-order valence-corrected chi connectivity index (χ1v) is 8.89. The summed E-state index contributed by atoms with van der Waals surface area (Å²) >= 11 is 0. The SMILES string of the molecule is CCNC(=NCc1cc(C#N)ccc1F)N(C)CCC1CCOCC1. The summed E-state index contributed by atoms with van der Waals surface area (Å²) in [4.78, 5) is 6.63. The smallest absolute Gasteiger partial charge is 0.193 e. The van der Waals surface area contributed by atoms with Crippen molar-refractivity contribution in [1.29, 1.82) is 5.26 Å². The van der Waals surface area contributed by atoms with Gasteiger partial charge in [-0.15, -0.1) is 0 Å². The lowest BCUT2D eigenvalue weighted by Gasteiger charge is -2.26. The van der Waals surface area contributed by atoms with Crippen molar-refractivity contribution in [1.82, 2.24) is 10.2 Å². The predicted molar refractivity (Wildman–Crippen MR) is 96.7 cm³/mol. The van der Waals surface area contributed by atoms with Gasteiger partial charge in [-0.25, -0.2) is 9.38 Å². The third kappa shape index (κ3) is 6.02. The van der Waals surface area contributed by atoms with Crippen molar-refractivity contribution in [3.05, 3.63) is 35.1 Å². The Labute approximate surface area is 149 Å². The molecule has 1 aliphatic rings. The lowest BCUT2D eigenvalue weighted by atomic mass is 9.96. The fourth-order valence-electron chi connectivity index (χ4n) is 2.91. The summed E-state index contributed by atoms with van der Waals surface area (Å²) in [7, 11) is 2.00. The molecule has 0 radical (unpaired) electrons. The molecule has 0 spiro atoms. The Kier molecular flexibility index (Phi) is 7.68. The fraction of sp³-hybridized carbons (Fsp3) is 0.579. The van der Waals surface area contributed by atoms with E-state index in [4.69, 9.17) is 10.00 Å². The van der Waals surface area contributed by atoms with Crippen molar-refractivity contribution in [3.63, 3.8) is 0 Å². The van der Waals surface area contributed by atoms with Gasteiger partial charge in [-0.3, -0.25) is 0 Å². The molecule has 1 fully saturated rings. The summed E-state index contributed by atoms with van der Waals surface area (Å²) in [5.74, 6) is 1.13. The summed E-state index contributed by atoms with van der Waals surface area (Å²) in [5.41, 5.74) is 0.886. The molecule has 1 saturated heterocycles. The van der Waals surface area contributed by atoms with E-state index in [9.17, 15) is 4.39 Å². The van der Waals surface area contributed by atoms with E-state index in [1.165, 1.54) is 12.1 Å². The number of aliphatic imine (C=N–C) groups is 1. The molecule has 1 N–H and O–H groups in total. The molecule has 0 unspecified atom stereocenters. The van der Waals surface area contributed by atoms with Gasteiger partial charge in [0.1, 0.15) is 5.82 Å². The maximum atomic E-state index is 13.9. The standard InChI is InChI=1S/C19H27FN4O/c1-3-22-19(24(2)9-6-15-7-10-25-11-8-15)23-14-17-12-16(13-21)4-5-18(17)20/h4-5,12,15H,3,6-11,14H2,1-2H3,(H,22,23). The summed E-state index contributed by atoms with van der Waals surface area (Å²) in [6.07, 6.45) is 3.34.